The maximum atomic E-state index is 6.22. The second kappa shape index (κ2) is 2.73. The maximum absolute atomic E-state index is 6.22. The molecule has 78 valence electrons. The number of rotatable bonds is 0. The van der Waals surface area contributed by atoms with E-state index in [4.69, 9.17) is 5.84 Å². The van der Waals surface area contributed by atoms with Crippen molar-refractivity contribution in [1.82, 2.24) is 5.01 Å². The van der Waals surface area contributed by atoms with Crippen LogP contribution in [0.2, 0.25) is 0 Å². The van der Waals surface area contributed by atoms with Crippen molar-refractivity contribution in [3.63, 3.8) is 0 Å². The van der Waals surface area contributed by atoms with Crippen LogP contribution in [0.5, 0.6) is 0 Å². The van der Waals surface area contributed by atoms with E-state index in [1.165, 1.54) is 22.3 Å². The van der Waals surface area contributed by atoms with E-state index in [9.17, 15) is 0 Å². The Morgan fingerprint density at radius 3 is 1.31 bits per heavy atom. The Morgan fingerprint density at radius 2 is 1.00 bits per heavy atom. The first-order valence-corrected chi connectivity index (χ1v) is 5.58. The summed E-state index contributed by atoms with van der Waals surface area (Å²) in [6.07, 6.45) is 0. The minimum absolute atomic E-state index is 0.261. The lowest BCUT2D eigenvalue weighted by Gasteiger charge is -2.15. The van der Waals surface area contributed by atoms with Crippen LogP contribution >= 0.6 is 0 Å². The summed E-state index contributed by atoms with van der Waals surface area (Å²) in [5, 5.41) is 1.98. The zero-order chi connectivity index (χ0) is 10.7. The predicted molar refractivity (Wildman–Crippen MR) is 62.6 cm³/mol. The highest BCUT2D eigenvalue weighted by atomic mass is 15.5. The third-order valence-electron chi connectivity index (χ3n) is 3.77. The van der Waals surface area contributed by atoms with Crippen molar-refractivity contribution in [1.29, 1.82) is 0 Å². The summed E-state index contributed by atoms with van der Waals surface area (Å²) in [5.41, 5.74) is 5.48. The lowest BCUT2D eigenvalue weighted by molar-refractivity contribution is 0.245. The highest BCUT2D eigenvalue weighted by molar-refractivity contribution is 5.56. The van der Waals surface area contributed by atoms with Gasteiger partial charge in [0.2, 0.25) is 0 Å². The number of hydrogen-bond donors (Lipinski definition) is 1. The number of fused-ring (bicyclic) bond motifs is 8. The summed E-state index contributed by atoms with van der Waals surface area (Å²) < 4.78 is 0. The molecule has 16 heavy (non-hydrogen) atoms. The Kier molecular flexibility index (Phi) is 1.45. The topological polar surface area (TPSA) is 29.3 Å². The highest BCUT2D eigenvalue weighted by Gasteiger charge is 2.45. The molecule has 2 aliphatic rings. The number of nitrogens with zero attached hydrogens (tertiary/aromatic N) is 1. The quantitative estimate of drug-likeness (QED) is 0.673. The number of nitrogens with two attached hydrogens (primary N) is 1. The van der Waals surface area contributed by atoms with Gasteiger partial charge in [0.05, 0.1) is 12.1 Å². The first-order valence-electron chi connectivity index (χ1n) is 5.58. The van der Waals surface area contributed by atoms with Gasteiger partial charge in [-0.1, -0.05) is 48.5 Å². The van der Waals surface area contributed by atoms with Crippen LogP contribution in [0.3, 0.4) is 0 Å². The molecule has 0 aromatic heterocycles. The maximum Gasteiger partial charge on any atom is 0.0758 e. The molecule has 2 heterocycles. The molecule has 0 aliphatic carbocycles. The van der Waals surface area contributed by atoms with E-state index in [0.29, 0.717) is 0 Å². The number of hydrazine groups is 1. The van der Waals surface area contributed by atoms with Gasteiger partial charge in [-0.05, 0) is 22.3 Å². The van der Waals surface area contributed by atoms with Gasteiger partial charge >= 0.3 is 0 Å². The van der Waals surface area contributed by atoms with Crippen LogP contribution in [0.15, 0.2) is 48.5 Å². The van der Waals surface area contributed by atoms with Crippen molar-refractivity contribution in [3.05, 3.63) is 70.8 Å². The molecule has 2 N–H and O–H groups in total. The van der Waals surface area contributed by atoms with E-state index in [2.05, 4.69) is 48.5 Å². The van der Waals surface area contributed by atoms with Gasteiger partial charge in [0.1, 0.15) is 0 Å². The van der Waals surface area contributed by atoms with Crippen LogP contribution < -0.4 is 5.84 Å². The van der Waals surface area contributed by atoms with E-state index >= 15 is 0 Å². The van der Waals surface area contributed by atoms with Crippen molar-refractivity contribution >= 4 is 0 Å². The number of benzene rings is 2. The van der Waals surface area contributed by atoms with E-state index < -0.39 is 0 Å². The van der Waals surface area contributed by atoms with Crippen LogP contribution in [0, 0.1) is 0 Å². The van der Waals surface area contributed by atoms with Gasteiger partial charge in [0.15, 0.2) is 0 Å². The smallest absolute Gasteiger partial charge is 0.0758 e. The zero-order valence-electron chi connectivity index (χ0n) is 8.80. The van der Waals surface area contributed by atoms with E-state index in [-0.39, 0.29) is 12.1 Å². The molecular weight excluding hydrogens is 196 g/mol. The van der Waals surface area contributed by atoms with Gasteiger partial charge in [-0.15, -0.1) is 0 Å². The van der Waals surface area contributed by atoms with Gasteiger partial charge < -0.3 is 0 Å². The van der Waals surface area contributed by atoms with Crippen LogP contribution in [-0.2, 0) is 0 Å². The molecule has 2 aliphatic heterocycles. The molecule has 4 rings (SSSR count). The molecule has 0 unspecified atom stereocenters. The summed E-state index contributed by atoms with van der Waals surface area (Å²) >= 11 is 0. The average Bonchev–Trinajstić information content (AvgIpc) is 2.78. The van der Waals surface area contributed by atoms with Crippen molar-refractivity contribution in [2.45, 2.75) is 12.1 Å². The summed E-state index contributed by atoms with van der Waals surface area (Å²) in [7, 11) is 0. The molecular formula is C14H12N2. The minimum Gasteiger partial charge on any atom is -0.267 e. The van der Waals surface area contributed by atoms with Gasteiger partial charge in [-0.3, -0.25) is 5.84 Å². The molecule has 2 nitrogen and oxygen atoms in total. The largest absolute Gasteiger partial charge is 0.267 e. The molecule has 2 heteroatoms. The van der Waals surface area contributed by atoms with Gasteiger partial charge in [0.25, 0.3) is 0 Å². The third-order valence-corrected chi connectivity index (χ3v) is 3.77. The first kappa shape index (κ1) is 8.50. The monoisotopic (exact) mass is 208 g/mol. The van der Waals surface area contributed by atoms with Crippen molar-refractivity contribution in [2.24, 2.45) is 5.84 Å². The van der Waals surface area contributed by atoms with Crippen molar-refractivity contribution in [2.75, 3.05) is 0 Å². The molecule has 0 spiro atoms. The second-order valence-electron chi connectivity index (χ2n) is 4.51. The molecule has 0 atom stereocenters. The molecule has 0 fully saturated rings. The van der Waals surface area contributed by atoms with Crippen LogP contribution in [0.25, 0.3) is 0 Å². The Bertz CT molecular complexity index is 479. The van der Waals surface area contributed by atoms with E-state index in [1.807, 2.05) is 5.01 Å². The highest BCUT2D eigenvalue weighted by Crippen LogP contribution is 2.53. The normalized spacial score (nSPS) is 25.6. The molecule has 0 amide bonds. The molecule has 2 aromatic carbocycles. The summed E-state index contributed by atoms with van der Waals surface area (Å²) in [6, 6.07) is 17.7. The van der Waals surface area contributed by atoms with Gasteiger partial charge in [-0.2, -0.15) is 0 Å². The Balaban J connectivity index is 2.04. The predicted octanol–water partition coefficient (Wildman–Crippen LogP) is 2.37. The zero-order valence-corrected chi connectivity index (χ0v) is 8.80. The Labute approximate surface area is 94.3 Å². The van der Waals surface area contributed by atoms with E-state index in [1.54, 1.807) is 0 Å². The molecule has 2 aromatic rings. The van der Waals surface area contributed by atoms with Crippen molar-refractivity contribution < 1.29 is 0 Å². The van der Waals surface area contributed by atoms with E-state index in [0.717, 1.165) is 0 Å². The summed E-state index contributed by atoms with van der Waals surface area (Å²) in [5.74, 6) is 6.22. The molecule has 0 radical (unpaired) electrons. The van der Waals surface area contributed by atoms with Crippen LogP contribution in [0.4, 0.5) is 0 Å². The van der Waals surface area contributed by atoms with Crippen LogP contribution in [-0.4, -0.2) is 5.01 Å². The summed E-state index contributed by atoms with van der Waals surface area (Å²) in [4.78, 5) is 0. The lowest BCUT2D eigenvalue weighted by atomic mass is 9.86. The third kappa shape index (κ3) is 0.811. The summed E-state index contributed by atoms with van der Waals surface area (Å²) in [6.45, 7) is 0. The Morgan fingerprint density at radius 1 is 0.688 bits per heavy atom. The first-order chi connectivity index (χ1) is 7.88. The molecule has 0 saturated carbocycles. The van der Waals surface area contributed by atoms with Gasteiger partial charge in [-0.25, -0.2) is 5.01 Å². The molecule has 2 bridgehead atoms. The SMILES string of the molecule is NN1C2c3ccccc3C1c1ccccc12. The fraction of sp³-hybridized carbons (Fsp3) is 0.143. The molecule has 0 saturated heterocycles. The average molecular weight is 208 g/mol. The van der Waals surface area contributed by atoms with Crippen LogP contribution in [0.1, 0.15) is 34.3 Å². The number of hydrogen-bond acceptors (Lipinski definition) is 2. The van der Waals surface area contributed by atoms with Crippen molar-refractivity contribution in [3.8, 4) is 0 Å². The fourth-order valence-corrected chi connectivity index (χ4v) is 3.14. The second-order valence-corrected chi connectivity index (χ2v) is 4.51. The van der Waals surface area contributed by atoms with Gasteiger partial charge in [0, 0.05) is 0 Å². The minimum atomic E-state index is 0.261. The Hall–Kier alpha value is -1.64. The standard InChI is InChI=1S/C14H12N2/c15-16-13-9-5-1-2-6-10(9)14(16)12-8-4-3-7-11(12)13/h1-8,13-14H,15H2. The lowest BCUT2D eigenvalue weighted by Crippen LogP contribution is -2.28. The fourth-order valence-electron chi connectivity index (χ4n) is 3.14.